The van der Waals surface area contributed by atoms with Crippen molar-refractivity contribution in [2.24, 2.45) is 0 Å². The van der Waals surface area contributed by atoms with Crippen LogP contribution in [0.15, 0.2) is 24.4 Å². The number of anilines is 1. The van der Waals surface area contributed by atoms with Crippen molar-refractivity contribution in [3.63, 3.8) is 0 Å². The van der Waals surface area contributed by atoms with E-state index in [2.05, 4.69) is 10.3 Å². The zero-order valence-electron chi connectivity index (χ0n) is 8.89. The summed E-state index contributed by atoms with van der Waals surface area (Å²) in [5.74, 6) is -0.873. The predicted molar refractivity (Wildman–Crippen MR) is 67.5 cm³/mol. The van der Waals surface area contributed by atoms with Gasteiger partial charge in [0.25, 0.3) is 0 Å². The molecule has 2 aromatic rings. The van der Waals surface area contributed by atoms with Crippen LogP contribution in [0.5, 0.6) is 0 Å². The fraction of sp³-hybridized carbons (Fsp3) is 0.100. The van der Waals surface area contributed by atoms with Crippen LogP contribution in [0.3, 0.4) is 0 Å². The maximum absolute atomic E-state index is 13.3. The quantitative estimate of drug-likeness (QED) is 0.691. The van der Waals surface area contributed by atoms with Crippen LogP contribution in [0.2, 0.25) is 4.34 Å². The standard InChI is InChI=1S/C10H7ClFN3O2S/c11-9-4-14-10(18-9)5-13-6-1-2-8(15(16)17)7(12)3-6/h1-4,13H,5H2. The first-order chi connectivity index (χ1) is 8.56. The third-order valence-electron chi connectivity index (χ3n) is 2.11. The largest absolute Gasteiger partial charge is 0.378 e. The fourth-order valence-electron chi connectivity index (χ4n) is 1.31. The maximum Gasteiger partial charge on any atom is 0.304 e. The van der Waals surface area contributed by atoms with Crippen LogP contribution in [0.1, 0.15) is 5.01 Å². The van der Waals surface area contributed by atoms with Gasteiger partial charge in [0.2, 0.25) is 5.82 Å². The highest BCUT2D eigenvalue weighted by atomic mass is 35.5. The molecule has 2 rings (SSSR count). The van der Waals surface area contributed by atoms with Gasteiger partial charge < -0.3 is 5.32 Å². The number of nitro groups is 1. The van der Waals surface area contributed by atoms with Crippen molar-refractivity contribution in [1.82, 2.24) is 4.98 Å². The molecule has 1 aromatic carbocycles. The molecule has 1 heterocycles. The minimum Gasteiger partial charge on any atom is -0.378 e. The van der Waals surface area contributed by atoms with Gasteiger partial charge in [0, 0.05) is 17.8 Å². The van der Waals surface area contributed by atoms with Gasteiger partial charge in [-0.15, -0.1) is 11.3 Å². The average Bonchev–Trinajstić information content (AvgIpc) is 2.72. The summed E-state index contributed by atoms with van der Waals surface area (Å²) in [6.07, 6.45) is 1.53. The van der Waals surface area contributed by atoms with E-state index in [0.29, 0.717) is 16.6 Å². The minimum absolute atomic E-state index is 0.384. The van der Waals surface area contributed by atoms with Crippen LogP contribution in [-0.2, 0) is 6.54 Å². The van der Waals surface area contributed by atoms with Gasteiger partial charge in [-0.1, -0.05) is 11.6 Å². The van der Waals surface area contributed by atoms with Crippen molar-refractivity contribution < 1.29 is 9.31 Å². The predicted octanol–water partition coefficient (Wildman–Crippen LogP) is 3.46. The number of nitrogens with one attached hydrogen (secondary N) is 1. The van der Waals surface area contributed by atoms with E-state index >= 15 is 0 Å². The maximum atomic E-state index is 13.3. The third-order valence-corrected chi connectivity index (χ3v) is 3.23. The Morgan fingerprint density at radius 1 is 1.56 bits per heavy atom. The van der Waals surface area contributed by atoms with Crippen LogP contribution < -0.4 is 5.32 Å². The van der Waals surface area contributed by atoms with Gasteiger partial charge in [-0.25, -0.2) is 4.98 Å². The number of halogens is 2. The van der Waals surface area contributed by atoms with Crippen LogP contribution in [0, 0.1) is 15.9 Å². The fourth-order valence-corrected chi connectivity index (χ4v) is 2.21. The molecule has 0 radical (unpaired) electrons. The van der Waals surface area contributed by atoms with Crippen molar-refractivity contribution in [2.45, 2.75) is 6.54 Å². The lowest BCUT2D eigenvalue weighted by atomic mass is 10.2. The highest BCUT2D eigenvalue weighted by Crippen LogP contribution is 2.22. The van der Waals surface area contributed by atoms with E-state index in [9.17, 15) is 14.5 Å². The molecule has 8 heteroatoms. The number of aromatic nitrogens is 1. The van der Waals surface area contributed by atoms with E-state index < -0.39 is 16.4 Å². The number of nitro benzene ring substituents is 1. The monoisotopic (exact) mass is 287 g/mol. The van der Waals surface area contributed by atoms with Gasteiger partial charge in [0.1, 0.15) is 9.34 Å². The molecule has 0 fully saturated rings. The smallest absolute Gasteiger partial charge is 0.304 e. The third kappa shape index (κ3) is 2.93. The summed E-state index contributed by atoms with van der Waals surface area (Å²) in [5.41, 5.74) is -0.0951. The Morgan fingerprint density at radius 3 is 2.89 bits per heavy atom. The molecule has 18 heavy (non-hydrogen) atoms. The van der Waals surface area contributed by atoms with E-state index in [1.54, 1.807) is 0 Å². The Balaban J connectivity index is 2.06. The molecule has 5 nitrogen and oxygen atoms in total. The second-order valence-corrected chi connectivity index (χ2v) is 5.08. The van der Waals surface area contributed by atoms with E-state index in [4.69, 9.17) is 11.6 Å². The molecule has 1 N–H and O–H groups in total. The number of thiazole rings is 1. The molecule has 0 amide bonds. The van der Waals surface area contributed by atoms with Crippen molar-refractivity contribution in [3.05, 3.63) is 49.7 Å². The van der Waals surface area contributed by atoms with E-state index in [1.165, 1.54) is 23.6 Å². The molecule has 0 unspecified atom stereocenters. The summed E-state index contributed by atoms with van der Waals surface area (Å²) in [5, 5.41) is 14.1. The second-order valence-electron chi connectivity index (χ2n) is 3.33. The lowest BCUT2D eigenvalue weighted by Crippen LogP contribution is -2.00. The first-order valence-electron chi connectivity index (χ1n) is 4.84. The molecule has 0 atom stereocenters. The van der Waals surface area contributed by atoms with E-state index in [1.807, 2.05) is 0 Å². The number of hydrogen-bond donors (Lipinski definition) is 1. The molecule has 0 aliphatic rings. The summed E-state index contributed by atoms with van der Waals surface area (Å²) >= 11 is 7.03. The molecule has 0 saturated carbocycles. The Hall–Kier alpha value is -1.73. The summed E-state index contributed by atoms with van der Waals surface area (Å²) in [7, 11) is 0. The normalized spacial score (nSPS) is 10.3. The van der Waals surface area contributed by atoms with Gasteiger partial charge in [-0.05, 0) is 6.07 Å². The lowest BCUT2D eigenvalue weighted by Gasteiger charge is -2.04. The molecule has 0 saturated heterocycles. The summed E-state index contributed by atoms with van der Waals surface area (Å²) in [6, 6.07) is 3.64. The molecule has 0 bridgehead atoms. The Kier molecular flexibility index (Phi) is 3.73. The summed E-state index contributed by atoms with van der Waals surface area (Å²) in [4.78, 5) is 13.7. The van der Waals surface area contributed by atoms with Gasteiger partial charge in [-0.3, -0.25) is 10.1 Å². The molecule has 0 aliphatic heterocycles. The zero-order valence-corrected chi connectivity index (χ0v) is 10.5. The summed E-state index contributed by atoms with van der Waals surface area (Å²) in [6.45, 7) is 0.384. The highest BCUT2D eigenvalue weighted by Gasteiger charge is 2.13. The second kappa shape index (κ2) is 5.28. The van der Waals surface area contributed by atoms with Gasteiger partial charge in [0.05, 0.1) is 17.7 Å². The zero-order chi connectivity index (χ0) is 13.1. The SMILES string of the molecule is O=[N+]([O-])c1ccc(NCc2ncc(Cl)s2)cc1F. The van der Waals surface area contributed by atoms with Crippen molar-refractivity contribution in [1.29, 1.82) is 0 Å². The highest BCUT2D eigenvalue weighted by molar-refractivity contribution is 7.15. The molecule has 0 aliphatic carbocycles. The Bertz CT molecular complexity index is 590. The van der Waals surface area contributed by atoms with Crippen LogP contribution in [0.25, 0.3) is 0 Å². The van der Waals surface area contributed by atoms with Crippen molar-refractivity contribution in [3.8, 4) is 0 Å². The van der Waals surface area contributed by atoms with Gasteiger partial charge in [0.15, 0.2) is 0 Å². The Morgan fingerprint density at radius 2 is 2.33 bits per heavy atom. The number of nitrogens with zero attached hydrogens (tertiary/aromatic N) is 2. The lowest BCUT2D eigenvalue weighted by molar-refractivity contribution is -0.387. The van der Waals surface area contributed by atoms with Crippen LogP contribution in [-0.4, -0.2) is 9.91 Å². The topological polar surface area (TPSA) is 68.1 Å². The Labute approximate surface area is 110 Å². The molecule has 1 aromatic heterocycles. The van der Waals surface area contributed by atoms with Crippen LogP contribution >= 0.6 is 22.9 Å². The average molecular weight is 288 g/mol. The van der Waals surface area contributed by atoms with Gasteiger partial charge in [-0.2, -0.15) is 4.39 Å². The number of benzene rings is 1. The van der Waals surface area contributed by atoms with Crippen molar-refractivity contribution >= 4 is 34.3 Å². The molecular weight excluding hydrogens is 281 g/mol. The molecule has 0 spiro atoms. The number of hydrogen-bond acceptors (Lipinski definition) is 5. The molecular formula is C10H7ClFN3O2S. The van der Waals surface area contributed by atoms with Crippen molar-refractivity contribution in [2.75, 3.05) is 5.32 Å². The first kappa shape index (κ1) is 12.7. The minimum atomic E-state index is -0.873. The summed E-state index contributed by atoms with van der Waals surface area (Å²) < 4.78 is 13.9. The van der Waals surface area contributed by atoms with E-state index in [0.717, 1.165) is 17.1 Å². The molecule has 94 valence electrons. The van der Waals surface area contributed by atoms with Crippen LogP contribution in [0.4, 0.5) is 15.8 Å². The first-order valence-corrected chi connectivity index (χ1v) is 6.04. The number of rotatable bonds is 4. The van der Waals surface area contributed by atoms with Gasteiger partial charge >= 0.3 is 5.69 Å². The van der Waals surface area contributed by atoms with E-state index in [-0.39, 0.29) is 0 Å².